The second-order valence-corrected chi connectivity index (χ2v) is 6.22. The maximum atomic E-state index is 9.18. The molecule has 21 heavy (non-hydrogen) atoms. The maximum Gasteiger partial charge on any atom is 0.119 e. The van der Waals surface area contributed by atoms with E-state index in [0.717, 1.165) is 31.6 Å². The number of hydrogen-bond donors (Lipinski definition) is 2. The summed E-state index contributed by atoms with van der Waals surface area (Å²) in [5, 5.41) is 9.18. The minimum Gasteiger partial charge on any atom is -0.494 e. The molecule has 1 unspecified atom stereocenters. The van der Waals surface area contributed by atoms with Gasteiger partial charge in [-0.25, -0.2) is 0 Å². The molecule has 0 bridgehead atoms. The Morgan fingerprint density at radius 1 is 1.19 bits per heavy atom. The van der Waals surface area contributed by atoms with Crippen LogP contribution in [0.15, 0.2) is 24.3 Å². The van der Waals surface area contributed by atoms with Crippen molar-refractivity contribution >= 4 is 0 Å². The monoisotopic (exact) mass is 293 g/mol. The summed E-state index contributed by atoms with van der Waals surface area (Å²) in [4.78, 5) is 0. The second-order valence-electron chi connectivity index (χ2n) is 6.22. The van der Waals surface area contributed by atoms with Gasteiger partial charge in [-0.2, -0.15) is 0 Å². The van der Waals surface area contributed by atoms with Gasteiger partial charge in [0, 0.05) is 5.54 Å². The number of benzene rings is 1. The number of aliphatic hydroxyl groups is 1. The summed E-state index contributed by atoms with van der Waals surface area (Å²) in [7, 11) is 0. The van der Waals surface area contributed by atoms with Crippen LogP contribution in [0.4, 0.5) is 0 Å². The van der Waals surface area contributed by atoms with Crippen molar-refractivity contribution in [1.82, 2.24) is 0 Å². The van der Waals surface area contributed by atoms with E-state index in [1.807, 2.05) is 19.1 Å². The van der Waals surface area contributed by atoms with Crippen LogP contribution < -0.4 is 10.5 Å². The van der Waals surface area contributed by atoms with Gasteiger partial charge in [-0.05, 0) is 43.9 Å². The van der Waals surface area contributed by atoms with Crippen molar-refractivity contribution in [2.45, 2.75) is 64.3 Å². The summed E-state index contributed by atoms with van der Waals surface area (Å²) in [5.74, 6) is 0.936. The van der Waals surface area contributed by atoms with Crippen LogP contribution in [0.25, 0.3) is 0 Å². The summed E-state index contributed by atoms with van der Waals surface area (Å²) in [5.41, 5.74) is 6.67. The fourth-order valence-electron chi connectivity index (χ4n) is 2.20. The molecular weight excluding hydrogens is 262 g/mol. The van der Waals surface area contributed by atoms with E-state index in [0.29, 0.717) is 0 Å². The number of aryl methyl sites for hydroxylation is 1. The second kappa shape index (κ2) is 9.80. The molecule has 1 atom stereocenters. The third-order valence-electron chi connectivity index (χ3n) is 3.76. The number of unbranched alkanes of at least 4 members (excludes halogenated alkanes) is 4. The smallest absolute Gasteiger partial charge is 0.119 e. The van der Waals surface area contributed by atoms with E-state index in [1.165, 1.54) is 31.2 Å². The first-order chi connectivity index (χ1) is 10.1. The molecule has 3 nitrogen and oxygen atoms in total. The van der Waals surface area contributed by atoms with Crippen LogP contribution in [0.1, 0.15) is 57.9 Å². The number of rotatable bonds is 11. The molecule has 0 spiro atoms. The van der Waals surface area contributed by atoms with Crippen molar-refractivity contribution in [2.24, 2.45) is 5.73 Å². The molecular formula is C18H31NO2. The lowest BCUT2D eigenvalue weighted by Crippen LogP contribution is -2.40. The average Bonchev–Trinajstić information content (AvgIpc) is 2.49. The van der Waals surface area contributed by atoms with Gasteiger partial charge in [-0.1, -0.05) is 44.7 Å². The predicted octanol–water partition coefficient (Wildman–Crippen LogP) is 3.68. The Morgan fingerprint density at radius 3 is 2.67 bits per heavy atom. The highest BCUT2D eigenvalue weighted by Crippen LogP contribution is 2.17. The molecule has 1 aromatic rings. The molecule has 0 fully saturated rings. The SMILES string of the molecule is CCCCCCCOc1cccc(CCC(C)(N)CO)c1. The average molecular weight is 293 g/mol. The van der Waals surface area contributed by atoms with Crippen LogP contribution >= 0.6 is 0 Å². The molecule has 0 aliphatic carbocycles. The lowest BCUT2D eigenvalue weighted by Gasteiger charge is -2.21. The minimum atomic E-state index is -0.504. The Labute approximate surface area is 129 Å². The Balaban J connectivity index is 2.31. The zero-order chi connectivity index (χ0) is 15.6. The third kappa shape index (κ3) is 8.08. The molecule has 0 aliphatic rings. The van der Waals surface area contributed by atoms with Gasteiger partial charge in [0.15, 0.2) is 0 Å². The Hall–Kier alpha value is -1.06. The third-order valence-corrected chi connectivity index (χ3v) is 3.76. The highest BCUT2D eigenvalue weighted by molar-refractivity contribution is 5.28. The number of ether oxygens (including phenoxy) is 1. The van der Waals surface area contributed by atoms with Crippen molar-refractivity contribution in [2.75, 3.05) is 13.2 Å². The molecule has 0 saturated carbocycles. The van der Waals surface area contributed by atoms with Crippen molar-refractivity contribution in [3.8, 4) is 5.75 Å². The summed E-state index contributed by atoms with van der Waals surface area (Å²) < 4.78 is 5.80. The van der Waals surface area contributed by atoms with Crippen LogP contribution in [0.2, 0.25) is 0 Å². The van der Waals surface area contributed by atoms with E-state index in [1.54, 1.807) is 0 Å². The molecule has 0 aromatic heterocycles. The van der Waals surface area contributed by atoms with E-state index in [4.69, 9.17) is 10.5 Å². The fraction of sp³-hybridized carbons (Fsp3) is 0.667. The molecule has 3 heteroatoms. The van der Waals surface area contributed by atoms with Gasteiger partial charge >= 0.3 is 0 Å². The van der Waals surface area contributed by atoms with Crippen molar-refractivity contribution in [3.63, 3.8) is 0 Å². The van der Waals surface area contributed by atoms with E-state index < -0.39 is 5.54 Å². The van der Waals surface area contributed by atoms with Gasteiger partial charge in [0.1, 0.15) is 5.75 Å². The minimum absolute atomic E-state index is 0.0148. The van der Waals surface area contributed by atoms with Crippen LogP contribution in [0, 0.1) is 0 Å². The molecule has 0 amide bonds. The van der Waals surface area contributed by atoms with E-state index in [2.05, 4.69) is 19.1 Å². The standard InChI is InChI=1S/C18H31NO2/c1-3-4-5-6-7-13-21-17-10-8-9-16(14-17)11-12-18(2,19)15-20/h8-10,14,20H,3-7,11-13,15,19H2,1-2H3. The van der Waals surface area contributed by atoms with Gasteiger partial charge in [-0.15, -0.1) is 0 Å². The van der Waals surface area contributed by atoms with Crippen LogP contribution in [-0.2, 0) is 6.42 Å². The summed E-state index contributed by atoms with van der Waals surface area (Å²) in [6.07, 6.45) is 7.89. The lowest BCUT2D eigenvalue weighted by atomic mass is 9.95. The van der Waals surface area contributed by atoms with Gasteiger partial charge in [0.2, 0.25) is 0 Å². The first kappa shape index (κ1) is 18.0. The van der Waals surface area contributed by atoms with Gasteiger partial charge in [0.25, 0.3) is 0 Å². The van der Waals surface area contributed by atoms with Crippen LogP contribution in [-0.4, -0.2) is 23.9 Å². The van der Waals surface area contributed by atoms with Crippen molar-refractivity contribution in [1.29, 1.82) is 0 Å². The molecule has 0 heterocycles. The summed E-state index contributed by atoms with van der Waals surface area (Å²) >= 11 is 0. The topological polar surface area (TPSA) is 55.5 Å². The first-order valence-corrected chi connectivity index (χ1v) is 8.19. The fourth-order valence-corrected chi connectivity index (χ4v) is 2.20. The normalized spacial score (nSPS) is 13.9. The van der Waals surface area contributed by atoms with Crippen molar-refractivity contribution in [3.05, 3.63) is 29.8 Å². The van der Waals surface area contributed by atoms with Gasteiger partial charge in [0.05, 0.1) is 13.2 Å². The van der Waals surface area contributed by atoms with Gasteiger partial charge < -0.3 is 15.6 Å². The Kier molecular flexibility index (Phi) is 8.40. The first-order valence-electron chi connectivity index (χ1n) is 8.19. The van der Waals surface area contributed by atoms with Crippen molar-refractivity contribution < 1.29 is 9.84 Å². The Bertz CT molecular complexity index is 391. The van der Waals surface area contributed by atoms with Crippen LogP contribution in [0.5, 0.6) is 5.75 Å². The van der Waals surface area contributed by atoms with Gasteiger partial charge in [-0.3, -0.25) is 0 Å². The zero-order valence-corrected chi connectivity index (χ0v) is 13.6. The largest absolute Gasteiger partial charge is 0.494 e. The number of hydrogen-bond acceptors (Lipinski definition) is 3. The van der Waals surface area contributed by atoms with E-state index in [9.17, 15) is 5.11 Å². The highest BCUT2D eigenvalue weighted by atomic mass is 16.5. The number of aliphatic hydroxyl groups excluding tert-OH is 1. The molecule has 120 valence electrons. The Morgan fingerprint density at radius 2 is 1.95 bits per heavy atom. The summed E-state index contributed by atoms with van der Waals surface area (Å²) in [6.45, 7) is 4.91. The molecule has 0 saturated heterocycles. The van der Waals surface area contributed by atoms with E-state index in [-0.39, 0.29) is 6.61 Å². The zero-order valence-electron chi connectivity index (χ0n) is 13.6. The molecule has 0 radical (unpaired) electrons. The molecule has 1 rings (SSSR count). The maximum absolute atomic E-state index is 9.18. The molecule has 0 aliphatic heterocycles. The highest BCUT2D eigenvalue weighted by Gasteiger charge is 2.16. The lowest BCUT2D eigenvalue weighted by molar-refractivity contribution is 0.200. The molecule has 3 N–H and O–H groups in total. The number of nitrogens with two attached hydrogens (primary N) is 1. The molecule has 1 aromatic carbocycles. The summed E-state index contributed by atoms with van der Waals surface area (Å²) in [6, 6.07) is 8.19. The van der Waals surface area contributed by atoms with Crippen LogP contribution in [0.3, 0.4) is 0 Å². The quantitative estimate of drug-likeness (QED) is 0.612. The van der Waals surface area contributed by atoms with E-state index >= 15 is 0 Å². The predicted molar refractivity (Wildman–Crippen MR) is 88.7 cm³/mol.